The molecule has 93 heavy (non-hydrogen) atoms. The second-order valence-corrected chi connectivity index (χ2v) is 25.6. The van der Waals surface area contributed by atoms with Crippen molar-refractivity contribution in [3.8, 4) is 23.7 Å². The van der Waals surface area contributed by atoms with Gasteiger partial charge in [-0.3, -0.25) is 24.6 Å². The first kappa shape index (κ1) is 65.4. The minimum atomic E-state index is -0.924. The average molecular weight is 1340 g/mol. The third kappa shape index (κ3) is 14.9. The van der Waals surface area contributed by atoms with Gasteiger partial charge in [0.1, 0.15) is 23.7 Å². The molecule has 0 aliphatic carbocycles. The minimum Gasteiger partial charge on any atom is -0.466 e. The van der Waals surface area contributed by atoms with Gasteiger partial charge in [0.15, 0.2) is 21.7 Å². The van der Waals surface area contributed by atoms with E-state index >= 15 is 0 Å². The van der Waals surface area contributed by atoms with Crippen molar-refractivity contribution >= 4 is 87.5 Å². The molecule has 0 bridgehead atoms. The van der Waals surface area contributed by atoms with Gasteiger partial charge >= 0.3 is 24.0 Å². The molecule has 12 rings (SSSR count). The molecule has 4 aromatic carbocycles. The number of carbonyl (C=O) groups excluding carboxylic acids is 5. The predicted octanol–water partition coefficient (Wildman–Crippen LogP) is 7.18. The van der Waals surface area contributed by atoms with Crippen LogP contribution in [0.25, 0.3) is 0 Å². The van der Waals surface area contributed by atoms with E-state index in [9.17, 15) is 37.9 Å². The Hall–Kier alpha value is -9.05. The Labute approximate surface area is 553 Å². The number of rotatable bonds is 14. The molecule has 5 N–H and O–H groups in total. The Morgan fingerprint density at radius 3 is 1.46 bits per heavy atom. The van der Waals surface area contributed by atoms with Crippen LogP contribution in [-0.2, 0) is 24.7 Å². The first-order valence-electron chi connectivity index (χ1n) is 29.5. The monoisotopic (exact) mass is 1340 g/mol. The summed E-state index contributed by atoms with van der Waals surface area (Å²) in [7, 11) is 2.61. The van der Waals surface area contributed by atoms with Gasteiger partial charge in [0.2, 0.25) is 5.91 Å². The molecule has 6 aliphatic rings. The highest BCUT2D eigenvalue weighted by atomic mass is 35.5. The Morgan fingerprint density at radius 2 is 1.09 bits per heavy atom. The fourth-order valence-electron chi connectivity index (χ4n) is 11.8. The first-order valence-corrected chi connectivity index (χ1v) is 32.0. The lowest BCUT2D eigenvalue weighted by Gasteiger charge is -2.38. The predicted molar refractivity (Wildman–Crippen MR) is 348 cm³/mol. The van der Waals surface area contributed by atoms with Crippen molar-refractivity contribution < 1.29 is 47.3 Å². The number of amides is 5. The lowest BCUT2D eigenvalue weighted by molar-refractivity contribution is -0.137. The van der Waals surface area contributed by atoms with Crippen molar-refractivity contribution in [1.29, 1.82) is 0 Å². The highest BCUT2D eigenvalue weighted by Crippen LogP contribution is 2.39. The minimum absolute atomic E-state index is 0.0456. The number of hydrogen-bond acceptors (Lipinski definition) is 18. The zero-order valence-corrected chi connectivity index (χ0v) is 54.0. The summed E-state index contributed by atoms with van der Waals surface area (Å²) in [6.45, 7) is 9.06. The van der Waals surface area contributed by atoms with E-state index in [2.05, 4.69) is 54.1 Å². The zero-order valence-electron chi connectivity index (χ0n) is 50.9. The van der Waals surface area contributed by atoms with Crippen molar-refractivity contribution in [2.24, 2.45) is 15.7 Å². The molecular weight excluding hydrogens is 1280 g/mol. The number of fused-ring (bicyclic) bond motifs is 2. The molecule has 2 aromatic heterocycles. The van der Waals surface area contributed by atoms with Gasteiger partial charge in [-0.25, -0.2) is 37.9 Å². The average Bonchev–Trinajstić information content (AvgIpc) is 2.03. The lowest BCUT2D eigenvalue weighted by atomic mass is 9.95. The number of aliphatic hydroxyl groups is 1. The largest absolute Gasteiger partial charge is 0.466 e. The quantitative estimate of drug-likeness (QED) is 0.0624. The number of benzene rings is 4. The maximum absolute atomic E-state index is 14.0. The second-order valence-electron chi connectivity index (χ2n) is 23.0. The van der Waals surface area contributed by atoms with E-state index in [4.69, 9.17) is 48.4 Å². The summed E-state index contributed by atoms with van der Waals surface area (Å²) < 4.78 is 38.3. The van der Waals surface area contributed by atoms with Gasteiger partial charge in [0.05, 0.1) is 56.1 Å². The molecule has 4 saturated heterocycles. The fraction of sp³-hybridized carbons (Fsp3) is 0.318. The molecule has 4 fully saturated rings. The van der Waals surface area contributed by atoms with Gasteiger partial charge in [-0.1, -0.05) is 71.1 Å². The number of thiazole rings is 2. The van der Waals surface area contributed by atoms with E-state index in [0.29, 0.717) is 122 Å². The molecule has 0 radical (unpaired) electrons. The molecular formula is C66H63Cl2F2N13O8S2. The van der Waals surface area contributed by atoms with Crippen LogP contribution in [0.15, 0.2) is 141 Å². The third-order valence-electron chi connectivity index (χ3n) is 16.4. The first-order chi connectivity index (χ1) is 44.7. The fourth-order valence-corrected chi connectivity index (χ4v) is 13.5. The van der Waals surface area contributed by atoms with Gasteiger partial charge in [0, 0.05) is 138 Å². The third-order valence-corrected chi connectivity index (χ3v) is 18.6. The lowest BCUT2D eigenvalue weighted by Crippen LogP contribution is -2.53. The van der Waals surface area contributed by atoms with Crippen LogP contribution in [0.4, 0.5) is 18.4 Å². The van der Waals surface area contributed by atoms with Gasteiger partial charge in [0.25, 0.3) is 0 Å². The van der Waals surface area contributed by atoms with E-state index < -0.39 is 47.2 Å². The number of esters is 2. The maximum Gasteiger partial charge on any atom is 0.338 e. The van der Waals surface area contributed by atoms with E-state index in [1.54, 1.807) is 60.3 Å². The number of aliphatic imine (C=N–C) groups is 2. The summed E-state index contributed by atoms with van der Waals surface area (Å²) in [5.74, 6) is 10.6. The zero-order chi connectivity index (χ0) is 65.7. The molecule has 4 atom stereocenters. The molecule has 480 valence electrons. The van der Waals surface area contributed by atoms with Gasteiger partial charge in [-0.2, -0.15) is 0 Å². The van der Waals surface area contributed by atoms with Gasteiger partial charge in [-0.15, -0.1) is 22.7 Å². The second kappa shape index (κ2) is 28.4. The number of nitrogens with one attached hydrogen (secondary N) is 2. The van der Waals surface area contributed by atoms with Crippen LogP contribution in [0, 0.1) is 35.3 Å². The Morgan fingerprint density at radius 1 is 0.656 bits per heavy atom. The van der Waals surface area contributed by atoms with Gasteiger partial charge < -0.3 is 50.5 Å². The number of methoxy groups -OCH3 is 2. The summed E-state index contributed by atoms with van der Waals surface area (Å²) in [6.07, 6.45) is 3.33. The number of urea groups is 2. The molecule has 5 amide bonds. The SMILES string of the molecule is COC(=O)C1=C(CN2CCN3C(=O)N(CC#Cc4ccc(C(C)(C)O)cc4)C[C@@H]3C2)NC(c2nccs2)=N[C@H]1c1ccc(F)cc1Cl.COC(=O)C1=C(CN2CCN3C(=O)N(CC#Cc4ccc(C(N)=O)cc4)C[C@@H]3C2)NC(c2nccs2)=N[C@H]1c1ccc(F)cc1Cl. The Bertz CT molecular complexity index is 4120. The van der Waals surface area contributed by atoms with Crippen LogP contribution in [0.2, 0.25) is 10.0 Å². The highest BCUT2D eigenvalue weighted by Gasteiger charge is 2.44. The van der Waals surface area contributed by atoms with Crippen molar-refractivity contribution in [3.05, 3.63) is 196 Å². The summed E-state index contributed by atoms with van der Waals surface area (Å²) in [5, 5.41) is 22.0. The molecule has 27 heteroatoms. The number of nitrogens with zero attached hydrogens (tertiary/aromatic N) is 10. The van der Waals surface area contributed by atoms with Crippen molar-refractivity contribution in [2.45, 2.75) is 43.6 Å². The van der Waals surface area contributed by atoms with Crippen molar-refractivity contribution in [1.82, 2.24) is 50.0 Å². The van der Waals surface area contributed by atoms with E-state index in [1.807, 2.05) is 44.8 Å². The smallest absolute Gasteiger partial charge is 0.338 e. The van der Waals surface area contributed by atoms with Crippen LogP contribution < -0.4 is 16.4 Å². The number of primary amides is 1. The number of amidine groups is 2. The van der Waals surface area contributed by atoms with E-state index in [0.717, 1.165) is 16.7 Å². The summed E-state index contributed by atoms with van der Waals surface area (Å²) in [6, 6.07) is 20.2. The van der Waals surface area contributed by atoms with Crippen LogP contribution in [-0.4, -0.2) is 191 Å². The number of hydrogen-bond donors (Lipinski definition) is 4. The summed E-state index contributed by atoms with van der Waals surface area (Å²) in [4.78, 5) is 94.2. The molecule has 8 heterocycles. The number of ether oxygens (including phenoxy) is 2. The van der Waals surface area contributed by atoms with E-state index in [-0.39, 0.29) is 51.9 Å². The number of aromatic nitrogens is 2. The topological polar surface area (TPSA) is 244 Å². The number of nitrogens with two attached hydrogens (primary N) is 1. The van der Waals surface area contributed by atoms with Gasteiger partial charge in [-0.05, 0) is 80.1 Å². The van der Waals surface area contributed by atoms with Crippen LogP contribution in [0.1, 0.15) is 74.1 Å². The molecule has 6 aromatic rings. The van der Waals surface area contributed by atoms with Crippen LogP contribution >= 0.6 is 45.9 Å². The van der Waals surface area contributed by atoms with Crippen LogP contribution in [0.3, 0.4) is 0 Å². The Kier molecular flexibility index (Phi) is 20.0. The Balaban J connectivity index is 0.000000190. The maximum atomic E-state index is 14.0. The van der Waals surface area contributed by atoms with Crippen LogP contribution in [0.5, 0.6) is 0 Å². The highest BCUT2D eigenvalue weighted by molar-refractivity contribution is 7.12. The molecule has 0 unspecified atom stereocenters. The van der Waals surface area contributed by atoms with E-state index in [1.165, 1.54) is 73.3 Å². The molecule has 0 spiro atoms. The summed E-state index contributed by atoms with van der Waals surface area (Å²) >= 11 is 15.7. The molecule has 6 aliphatic heterocycles. The van der Waals surface area contributed by atoms with Crippen molar-refractivity contribution in [3.63, 3.8) is 0 Å². The normalized spacial score (nSPS) is 19.8. The van der Waals surface area contributed by atoms with Crippen molar-refractivity contribution in [2.75, 3.05) is 92.8 Å². The number of piperazine rings is 2. The molecule has 21 nitrogen and oxygen atoms in total. The number of carbonyl (C=O) groups is 5. The number of halogens is 4. The molecule has 0 saturated carbocycles. The standard InChI is InChI=1S/C34H34ClFN6O4S.C32H29ClFN7O4S/c1-34(2,45)22-8-6-21(7-9-22)5-4-13-41-19-24-18-40(14-15-42(24)33(41)44)20-27-28(32(43)46-3)29(25-11-10-23(36)17-26(25)35)39-30(38-27)31-37-12-16-47-31;1-45-31(43)26-25(37-29(30-36-10-14-46-30)38-27(26)23-9-8-21(34)15-24(23)33)18-39-12-13-41-22(16-39)17-40(32(41)44)11-2-3-19-4-6-20(7-5-19)28(35)42/h6-12,16-17,24,29,45H,13-15,18-20H2,1-3H3,(H,38,39);4-10,14-15,22,27H,11-13,16-18H2,1H3,(H2,35,42)(H,37,38)/t24-,29-;22-,27-/m00/s1. The summed E-state index contributed by atoms with van der Waals surface area (Å²) in [5.41, 5.74) is 9.73.